The van der Waals surface area contributed by atoms with Crippen molar-refractivity contribution < 1.29 is 14.6 Å². The van der Waals surface area contributed by atoms with Crippen molar-refractivity contribution in [2.75, 3.05) is 0 Å². The third-order valence-corrected chi connectivity index (χ3v) is 3.26. The Morgan fingerprint density at radius 2 is 2.00 bits per heavy atom. The number of carboxylic acids is 1. The van der Waals surface area contributed by atoms with Gasteiger partial charge in [0.05, 0.1) is 21.8 Å². The first kappa shape index (κ1) is 14.1. The molecule has 0 aliphatic carbocycles. The average Bonchev–Trinajstić information content (AvgIpc) is 2.34. The number of benzene rings is 1. The summed E-state index contributed by atoms with van der Waals surface area (Å²) >= 11 is 15.0. The van der Waals surface area contributed by atoms with Crippen molar-refractivity contribution in [3.8, 4) is 11.6 Å². The van der Waals surface area contributed by atoms with Crippen LogP contribution in [0.15, 0.2) is 34.9 Å². The zero-order valence-corrected chi connectivity index (χ0v) is 12.3. The number of carboxylic acid groups (broad SMARTS) is 1. The molecule has 4 nitrogen and oxygen atoms in total. The smallest absolute Gasteiger partial charge is 0.337 e. The predicted molar refractivity (Wildman–Crippen MR) is 75.4 cm³/mol. The van der Waals surface area contributed by atoms with Gasteiger partial charge in [-0.1, -0.05) is 39.1 Å². The van der Waals surface area contributed by atoms with Crippen LogP contribution in [0.25, 0.3) is 0 Å². The highest BCUT2D eigenvalue weighted by Crippen LogP contribution is 2.31. The molecule has 0 aliphatic heterocycles. The number of pyridine rings is 1. The largest absolute Gasteiger partial charge is 0.478 e. The lowest BCUT2D eigenvalue weighted by Gasteiger charge is -2.08. The Kier molecular flexibility index (Phi) is 4.29. The summed E-state index contributed by atoms with van der Waals surface area (Å²) in [6.45, 7) is 0. The number of halogens is 3. The minimum Gasteiger partial charge on any atom is -0.478 e. The van der Waals surface area contributed by atoms with Crippen LogP contribution in [0.4, 0.5) is 0 Å². The Balaban J connectivity index is 2.33. The number of hydrogen-bond acceptors (Lipinski definition) is 3. The molecule has 98 valence electrons. The number of rotatable bonds is 3. The van der Waals surface area contributed by atoms with Crippen molar-refractivity contribution in [2.24, 2.45) is 0 Å². The van der Waals surface area contributed by atoms with E-state index in [2.05, 4.69) is 20.9 Å². The van der Waals surface area contributed by atoms with E-state index in [1.54, 1.807) is 18.2 Å². The summed E-state index contributed by atoms with van der Waals surface area (Å²) in [6, 6.07) is 6.28. The first-order valence-electron chi connectivity index (χ1n) is 4.99. The maximum Gasteiger partial charge on any atom is 0.337 e. The molecule has 0 unspecified atom stereocenters. The summed E-state index contributed by atoms with van der Waals surface area (Å²) in [5.74, 6) is -0.679. The van der Waals surface area contributed by atoms with Gasteiger partial charge in [0, 0.05) is 10.5 Å². The van der Waals surface area contributed by atoms with Gasteiger partial charge in [0.2, 0.25) is 5.88 Å². The minimum absolute atomic E-state index is 0.0433. The number of aromatic nitrogens is 1. The van der Waals surface area contributed by atoms with Gasteiger partial charge in [-0.15, -0.1) is 0 Å². The van der Waals surface area contributed by atoms with E-state index in [0.717, 1.165) is 4.47 Å². The van der Waals surface area contributed by atoms with E-state index >= 15 is 0 Å². The Hall–Kier alpha value is -1.30. The maximum absolute atomic E-state index is 10.9. The monoisotopic (exact) mass is 361 g/mol. The highest BCUT2D eigenvalue weighted by molar-refractivity contribution is 9.10. The second kappa shape index (κ2) is 5.77. The fraction of sp³-hybridized carbons (Fsp3) is 0. The molecular formula is C12H6BrCl2NO3. The molecule has 0 amide bonds. The standard InChI is InChI=1S/C12H6BrCl2NO3/c13-6-1-2-10(8(14)3-6)19-11-4-7(12(17)18)9(15)5-16-11/h1-5H,(H,17,18). The number of aromatic carboxylic acids is 1. The quantitative estimate of drug-likeness (QED) is 0.863. The topological polar surface area (TPSA) is 59.4 Å². The molecule has 0 bridgehead atoms. The molecular weight excluding hydrogens is 357 g/mol. The van der Waals surface area contributed by atoms with Crippen molar-refractivity contribution in [1.82, 2.24) is 4.98 Å². The molecule has 19 heavy (non-hydrogen) atoms. The van der Waals surface area contributed by atoms with E-state index in [-0.39, 0.29) is 16.5 Å². The van der Waals surface area contributed by atoms with E-state index in [1.807, 2.05) is 0 Å². The van der Waals surface area contributed by atoms with Gasteiger partial charge in [0.25, 0.3) is 0 Å². The summed E-state index contributed by atoms with van der Waals surface area (Å²) in [6.07, 6.45) is 1.22. The van der Waals surface area contributed by atoms with Gasteiger partial charge in [-0.05, 0) is 18.2 Å². The number of carbonyl (C=O) groups is 1. The van der Waals surface area contributed by atoms with E-state index in [0.29, 0.717) is 10.8 Å². The van der Waals surface area contributed by atoms with Gasteiger partial charge in [-0.25, -0.2) is 9.78 Å². The molecule has 2 rings (SSSR count). The Morgan fingerprint density at radius 1 is 1.26 bits per heavy atom. The Bertz CT molecular complexity index is 649. The predicted octanol–water partition coefficient (Wildman–Crippen LogP) is 4.64. The molecule has 0 atom stereocenters. The molecule has 1 aromatic carbocycles. The molecule has 2 aromatic rings. The summed E-state index contributed by atoms with van der Waals surface area (Å²) in [5, 5.41) is 9.37. The lowest BCUT2D eigenvalue weighted by Crippen LogP contribution is -1.99. The SMILES string of the molecule is O=C(O)c1cc(Oc2ccc(Br)cc2Cl)ncc1Cl. The summed E-state index contributed by atoms with van der Waals surface area (Å²) in [7, 11) is 0. The van der Waals surface area contributed by atoms with Crippen LogP contribution in [-0.2, 0) is 0 Å². The van der Waals surface area contributed by atoms with Crippen molar-refractivity contribution >= 4 is 45.1 Å². The Morgan fingerprint density at radius 3 is 2.63 bits per heavy atom. The molecule has 1 N–H and O–H groups in total. The van der Waals surface area contributed by atoms with Crippen molar-refractivity contribution in [1.29, 1.82) is 0 Å². The van der Waals surface area contributed by atoms with Gasteiger partial charge in [0.15, 0.2) is 0 Å². The molecule has 0 saturated heterocycles. The van der Waals surface area contributed by atoms with E-state index in [4.69, 9.17) is 33.0 Å². The van der Waals surface area contributed by atoms with Gasteiger partial charge in [-0.2, -0.15) is 0 Å². The summed E-state index contributed by atoms with van der Waals surface area (Å²) < 4.78 is 6.23. The van der Waals surface area contributed by atoms with E-state index in [1.165, 1.54) is 12.3 Å². The molecule has 0 fully saturated rings. The minimum atomic E-state index is -1.15. The molecule has 0 aliphatic rings. The third kappa shape index (κ3) is 3.37. The fourth-order valence-electron chi connectivity index (χ4n) is 1.31. The normalized spacial score (nSPS) is 10.3. The highest BCUT2D eigenvalue weighted by atomic mass is 79.9. The van der Waals surface area contributed by atoms with Crippen molar-refractivity contribution in [3.63, 3.8) is 0 Å². The highest BCUT2D eigenvalue weighted by Gasteiger charge is 2.12. The summed E-state index contributed by atoms with van der Waals surface area (Å²) in [5.41, 5.74) is -0.0834. The zero-order chi connectivity index (χ0) is 14.0. The van der Waals surface area contributed by atoms with Gasteiger partial charge < -0.3 is 9.84 Å². The lowest BCUT2D eigenvalue weighted by molar-refractivity contribution is 0.0696. The van der Waals surface area contributed by atoms with Crippen LogP contribution in [0.3, 0.4) is 0 Å². The van der Waals surface area contributed by atoms with Crippen LogP contribution in [0.2, 0.25) is 10.0 Å². The number of hydrogen-bond donors (Lipinski definition) is 1. The number of nitrogens with zero attached hydrogens (tertiary/aromatic N) is 1. The van der Waals surface area contributed by atoms with E-state index in [9.17, 15) is 4.79 Å². The zero-order valence-electron chi connectivity index (χ0n) is 9.23. The first-order chi connectivity index (χ1) is 8.97. The van der Waals surface area contributed by atoms with Gasteiger partial charge in [-0.3, -0.25) is 0 Å². The first-order valence-corrected chi connectivity index (χ1v) is 6.54. The second-order valence-corrected chi connectivity index (χ2v) is 5.21. The van der Waals surface area contributed by atoms with Crippen LogP contribution >= 0.6 is 39.1 Å². The average molecular weight is 363 g/mol. The third-order valence-electron chi connectivity index (χ3n) is 2.17. The Labute approximate surface area is 127 Å². The van der Waals surface area contributed by atoms with E-state index < -0.39 is 5.97 Å². The van der Waals surface area contributed by atoms with Crippen molar-refractivity contribution in [3.05, 3.63) is 50.5 Å². The van der Waals surface area contributed by atoms with Crippen LogP contribution < -0.4 is 4.74 Å². The molecule has 0 radical (unpaired) electrons. The van der Waals surface area contributed by atoms with Crippen LogP contribution in [0.5, 0.6) is 11.6 Å². The second-order valence-electron chi connectivity index (χ2n) is 3.48. The van der Waals surface area contributed by atoms with Crippen LogP contribution in [0.1, 0.15) is 10.4 Å². The van der Waals surface area contributed by atoms with Crippen molar-refractivity contribution in [2.45, 2.75) is 0 Å². The lowest BCUT2D eigenvalue weighted by atomic mass is 10.2. The molecule has 7 heteroatoms. The van der Waals surface area contributed by atoms with Gasteiger partial charge >= 0.3 is 5.97 Å². The number of ether oxygens (including phenoxy) is 1. The summed E-state index contributed by atoms with van der Waals surface area (Å²) in [4.78, 5) is 14.8. The molecule has 0 spiro atoms. The molecule has 0 saturated carbocycles. The maximum atomic E-state index is 10.9. The van der Waals surface area contributed by atoms with Crippen LogP contribution in [0, 0.1) is 0 Å². The fourth-order valence-corrected chi connectivity index (χ4v) is 2.21. The van der Waals surface area contributed by atoms with Crippen LogP contribution in [-0.4, -0.2) is 16.1 Å². The molecule has 1 heterocycles. The van der Waals surface area contributed by atoms with Gasteiger partial charge in [0.1, 0.15) is 5.75 Å². The molecule has 1 aromatic heterocycles.